The molecule has 5 rings (SSSR count). The fraction of sp³-hybridized carbons (Fsp3) is 0.214. The molecule has 0 radical (unpaired) electrons. The first-order valence-electron chi connectivity index (χ1n) is 11.3. The van der Waals surface area contributed by atoms with Crippen molar-refractivity contribution in [2.45, 2.75) is 18.5 Å². The smallest absolute Gasteiger partial charge is 0.254 e. The molecule has 1 aliphatic heterocycles. The number of aryl methyl sites for hydroxylation is 1. The molecule has 0 aliphatic carbocycles. The minimum atomic E-state index is -0.539. The van der Waals surface area contributed by atoms with Gasteiger partial charge in [0.2, 0.25) is 5.91 Å². The Hall–Kier alpha value is -4.06. The van der Waals surface area contributed by atoms with Crippen LogP contribution in [0.25, 0.3) is 10.9 Å². The van der Waals surface area contributed by atoms with Gasteiger partial charge in [-0.1, -0.05) is 48.5 Å². The predicted molar refractivity (Wildman–Crippen MR) is 132 cm³/mol. The number of hydrogen-bond acceptors (Lipinski definition) is 3. The number of benzene rings is 3. The lowest BCUT2D eigenvalue weighted by Crippen LogP contribution is -2.45. The number of fused-ring (bicyclic) bond motifs is 2. The topological polar surface area (TPSA) is 63.6 Å². The number of carbonyl (C=O) groups is 2. The number of nitrogens with zero attached hydrogens (tertiary/aromatic N) is 2. The summed E-state index contributed by atoms with van der Waals surface area (Å²) >= 11 is 0. The number of likely N-dealkylation sites (N-methyl/N-ethyl adjacent to an activating group) is 1. The number of carbonyl (C=O) groups excluding carboxylic acids is 2. The van der Waals surface area contributed by atoms with Crippen LogP contribution in [0.15, 0.2) is 79.0 Å². The van der Waals surface area contributed by atoms with Gasteiger partial charge in [-0.05, 0) is 35.4 Å². The minimum absolute atomic E-state index is 0.0762. The average Bonchev–Trinajstić information content (AvgIpc) is 3.21. The monoisotopic (exact) mass is 453 g/mol. The minimum Gasteiger partial charge on any atom is -0.497 e. The van der Waals surface area contributed by atoms with Gasteiger partial charge in [-0.2, -0.15) is 0 Å². The maximum absolute atomic E-state index is 13.8. The number of rotatable bonds is 5. The summed E-state index contributed by atoms with van der Waals surface area (Å²) in [4.78, 5) is 28.8. The fourth-order valence-electron chi connectivity index (χ4n) is 5.00. The lowest BCUT2D eigenvalue weighted by molar-refractivity contribution is -0.124. The molecule has 34 heavy (non-hydrogen) atoms. The molecular formula is C28H27N3O3. The van der Waals surface area contributed by atoms with E-state index in [-0.39, 0.29) is 11.8 Å². The van der Waals surface area contributed by atoms with Gasteiger partial charge in [-0.25, -0.2) is 0 Å². The van der Waals surface area contributed by atoms with E-state index >= 15 is 0 Å². The van der Waals surface area contributed by atoms with E-state index in [9.17, 15) is 9.59 Å². The van der Waals surface area contributed by atoms with Crippen LogP contribution < -0.4 is 10.1 Å². The van der Waals surface area contributed by atoms with Crippen molar-refractivity contribution >= 4 is 22.7 Å². The summed E-state index contributed by atoms with van der Waals surface area (Å²) in [5.74, 6) is 0.0451. The number of hydrogen-bond donors (Lipinski definition) is 1. The van der Waals surface area contributed by atoms with Crippen LogP contribution in [-0.4, -0.2) is 35.4 Å². The Bertz CT molecular complexity index is 1370. The zero-order valence-corrected chi connectivity index (χ0v) is 19.5. The Morgan fingerprint density at radius 2 is 1.65 bits per heavy atom. The molecule has 0 saturated heterocycles. The molecule has 2 atom stereocenters. The van der Waals surface area contributed by atoms with Gasteiger partial charge < -0.3 is 19.5 Å². The maximum Gasteiger partial charge on any atom is 0.254 e. The van der Waals surface area contributed by atoms with E-state index in [1.54, 1.807) is 25.1 Å². The quantitative estimate of drug-likeness (QED) is 0.487. The molecule has 4 aromatic rings. The molecule has 2 amide bonds. The normalized spacial score (nSPS) is 17.5. The van der Waals surface area contributed by atoms with E-state index in [0.717, 1.165) is 33.3 Å². The predicted octanol–water partition coefficient (Wildman–Crippen LogP) is 4.41. The molecule has 1 aromatic heterocycles. The molecular weight excluding hydrogens is 426 g/mol. The number of para-hydroxylation sites is 1. The third-order valence-corrected chi connectivity index (χ3v) is 6.73. The van der Waals surface area contributed by atoms with E-state index in [1.165, 1.54) is 0 Å². The number of aromatic nitrogens is 1. The standard InChI is InChI=1S/C28H27N3O3/c1-30-17-23(20-8-6-7-11-24(20)30)26-25(21-9-4-5-10-22(21)28(33)31(26)2)27(32)29-16-18-12-14-19(34-3)15-13-18/h4-15,17,25-26H,16H2,1-3H3,(H,29,32). The molecule has 3 aromatic carbocycles. The maximum atomic E-state index is 13.8. The van der Waals surface area contributed by atoms with Crippen LogP contribution in [0.5, 0.6) is 5.75 Å². The largest absolute Gasteiger partial charge is 0.497 e. The summed E-state index contributed by atoms with van der Waals surface area (Å²) in [6.45, 7) is 0.390. The molecule has 172 valence electrons. The first kappa shape index (κ1) is 21.8. The Kier molecular flexibility index (Phi) is 5.57. The van der Waals surface area contributed by atoms with Crippen LogP contribution in [0.2, 0.25) is 0 Å². The molecule has 0 spiro atoms. The van der Waals surface area contributed by atoms with E-state index in [0.29, 0.717) is 12.1 Å². The SMILES string of the molecule is COc1ccc(CNC(=O)C2c3ccccc3C(=O)N(C)C2c2cn(C)c3ccccc23)cc1. The fourth-order valence-corrected chi connectivity index (χ4v) is 5.00. The van der Waals surface area contributed by atoms with E-state index in [1.807, 2.05) is 67.8 Å². The average molecular weight is 454 g/mol. The van der Waals surface area contributed by atoms with Crippen LogP contribution in [-0.2, 0) is 18.4 Å². The van der Waals surface area contributed by atoms with Crippen molar-refractivity contribution in [1.29, 1.82) is 0 Å². The summed E-state index contributed by atoms with van der Waals surface area (Å²) < 4.78 is 7.28. The summed E-state index contributed by atoms with van der Waals surface area (Å²) in [5, 5.41) is 4.16. The van der Waals surface area contributed by atoms with Gasteiger partial charge in [0.1, 0.15) is 5.75 Å². The molecule has 6 nitrogen and oxygen atoms in total. The van der Waals surface area contributed by atoms with Crippen LogP contribution in [0.4, 0.5) is 0 Å². The highest BCUT2D eigenvalue weighted by Gasteiger charge is 2.43. The second-order valence-electron chi connectivity index (χ2n) is 8.70. The zero-order valence-electron chi connectivity index (χ0n) is 19.5. The van der Waals surface area contributed by atoms with Crippen molar-refractivity contribution in [2.24, 2.45) is 7.05 Å². The highest BCUT2D eigenvalue weighted by atomic mass is 16.5. The van der Waals surface area contributed by atoms with Crippen molar-refractivity contribution in [3.8, 4) is 5.75 Å². The molecule has 2 heterocycles. The van der Waals surface area contributed by atoms with Gasteiger partial charge in [0.25, 0.3) is 5.91 Å². The first-order chi connectivity index (χ1) is 16.5. The molecule has 0 saturated carbocycles. The second-order valence-corrected chi connectivity index (χ2v) is 8.70. The third-order valence-electron chi connectivity index (χ3n) is 6.73. The van der Waals surface area contributed by atoms with Gasteiger partial charge in [0, 0.05) is 48.9 Å². The summed E-state index contributed by atoms with van der Waals surface area (Å²) in [6, 6.07) is 22.7. The molecule has 1 N–H and O–H groups in total. The lowest BCUT2D eigenvalue weighted by atomic mass is 9.79. The van der Waals surface area contributed by atoms with Gasteiger partial charge >= 0.3 is 0 Å². The Balaban J connectivity index is 1.56. The van der Waals surface area contributed by atoms with Gasteiger partial charge in [0.15, 0.2) is 0 Å². The van der Waals surface area contributed by atoms with Crippen LogP contribution >= 0.6 is 0 Å². The van der Waals surface area contributed by atoms with Crippen molar-refractivity contribution in [3.05, 3.63) is 101 Å². The van der Waals surface area contributed by atoms with E-state index < -0.39 is 12.0 Å². The summed E-state index contributed by atoms with van der Waals surface area (Å²) in [6.07, 6.45) is 2.04. The van der Waals surface area contributed by atoms with E-state index in [4.69, 9.17) is 4.74 Å². The Labute approximate surface area is 198 Å². The number of amides is 2. The molecule has 1 aliphatic rings. The van der Waals surface area contributed by atoms with Crippen molar-refractivity contribution in [3.63, 3.8) is 0 Å². The van der Waals surface area contributed by atoms with Crippen molar-refractivity contribution < 1.29 is 14.3 Å². The van der Waals surface area contributed by atoms with E-state index in [2.05, 4.69) is 22.0 Å². The third kappa shape index (κ3) is 3.61. The summed E-state index contributed by atoms with van der Waals surface area (Å²) in [7, 11) is 5.40. The highest BCUT2D eigenvalue weighted by molar-refractivity contribution is 6.02. The number of nitrogens with one attached hydrogen (secondary N) is 1. The molecule has 6 heteroatoms. The van der Waals surface area contributed by atoms with Gasteiger partial charge in [0.05, 0.1) is 19.1 Å². The Morgan fingerprint density at radius 1 is 0.941 bits per heavy atom. The second kappa shape index (κ2) is 8.71. The first-order valence-corrected chi connectivity index (χ1v) is 11.3. The van der Waals surface area contributed by atoms with Crippen LogP contribution in [0, 0.1) is 0 Å². The molecule has 0 bridgehead atoms. The highest BCUT2D eigenvalue weighted by Crippen LogP contribution is 2.44. The molecule has 0 fully saturated rings. The van der Waals surface area contributed by atoms with Gasteiger partial charge in [-0.3, -0.25) is 9.59 Å². The number of ether oxygens (including phenoxy) is 1. The zero-order chi connectivity index (χ0) is 23.8. The summed E-state index contributed by atoms with van der Waals surface area (Å²) in [5.41, 5.74) is 4.34. The number of methoxy groups -OCH3 is 1. The van der Waals surface area contributed by atoms with Gasteiger partial charge in [-0.15, -0.1) is 0 Å². The van der Waals surface area contributed by atoms with Crippen LogP contribution in [0.3, 0.4) is 0 Å². The lowest BCUT2D eigenvalue weighted by Gasteiger charge is -2.39. The van der Waals surface area contributed by atoms with Crippen molar-refractivity contribution in [2.75, 3.05) is 14.2 Å². The van der Waals surface area contributed by atoms with Crippen LogP contribution in [0.1, 0.15) is 39.0 Å². The van der Waals surface area contributed by atoms with Crippen molar-refractivity contribution in [1.82, 2.24) is 14.8 Å². The molecule has 2 unspecified atom stereocenters. The Morgan fingerprint density at radius 3 is 2.41 bits per heavy atom.